The normalized spacial score (nSPS) is 24.8. The van der Waals surface area contributed by atoms with Crippen LogP contribution >= 0.6 is 23.7 Å². The molecular weight excluding hydrogens is 428 g/mol. The van der Waals surface area contributed by atoms with Crippen molar-refractivity contribution in [2.24, 2.45) is 5.92 Å². The van der Waals surface area contributed by atoms with Crippen molar-refractivity contribution < 1.29 is 9.47 Å². The minimum Gasteiger partial charge on any atom is -0.492 e. The molecule has 6 heteroatoms. The lowest BCUT2D eigenvalue weighted by Crippen LogP contribution is -2.47. The minimum absolute atomic E-state index is 0. The van der Waals surface area contributed by atoms with E-state index in [0.717, 1.165) is 57.2 Å². The molecule has 3 fully saturated rings. The Balaban J connectivity index is 0.00000231. The maximum absolute atomic E-state index is 6.37. The molecule has 5 rings (SSSR count). The van der Waals surface area contributed by atoms with E-state index < -0.39 is 0 Å². The summed E-state index contributed by atoms with van der Waals surface area (Å²) >= 11 is 1.80. The van der Waals surface area contributed by atoms with Crippen LogP contribution in [0.5, 0.6) is 5.75 Å². The molecule has 0 aromatic carbocycles. The molecule has 0 amide bonds. The van der Waals surface area contributed by atoms with Gasteiger partial charge < -0.3 is 14.8 Å². The highest BCUT2D eigenvalue weighted by Gasteiger charge is 2.48. The lowest BCUT2D eigenvalue weighted by molar-refractivity contribution is -0.104. The van der Waals surface area contributed by atoms with Gasteiger partial charge >= 0.3 is 0 Å². The van der Waals surface area contributed by atoms with Gasteiger partial charge in [-0.15, -0.1) is 23.7 Å². The highest BCUT2D eigenvalue weighted by Crippen LogP contribution is 2.49. The fourth-order valence-corrected chi connectivity index (χ4v) is 6.19. The fourth-order valence-electron chi connectivity index (χ4n) is 5.40. The van der Waals surface area contributed by atoms with Gasteiger partial charge in [-0.2, -0.15) is 0 Å². The van der Waals surface area contributed by atoms with Crippen molar-refractivity contribution in [2.45, 2.75) is 75.3 Å². The molecule has 2 aromatic rings. The van der Waals surface area contributed by atoms with E-state index in [4.69, 9.17) is 14.5 Å². The van der Waals surface area contributed by atoms with Crippen molar-refractivity contribution in [3.05, 3.63) is 46.4 Å². The van der Waals surface area contributed by atoms with Gasteiger partial charge in [0.15, 0.2) is 0 Å². The van der Waals surface area contributed by atoms with Crippen LogP contribution in [0.2, 0.25) is 0 Å². The topological polar surface area (TPSA) is 43.4 Å². The van der Waals surface area contributed by atoms with Gasteiger partial charge in [-0.25, -0.2) is 0 Å². The molecule has 1 N–H and O–H groups in total. The van der Waals surface area contributed by atoms with Gasteiger partial charge in [-0.1, -0.05) is 18.9 Å². The van der Waals surface area contributed by atoms with Gasteiger partial charge in [-0.3, -0.25) is 4.98 Å². The van der Waals surface area contributed by atoms with Gasteiger partial charge in [0.25, 0.3) is 0 Å². The number of nitrogens with one attached hydrogen (secondary N) is 1. The van der Waals surface area contributed by atoms with Crippen LogP contribution in [0.15, 0.2) is 35.8 Å². The first-order valence-corrected chi connectivity index (χ1v) is 12.6. The molecule has 1 spiro atoms. The van der Waals surface area contributed by atoms with E-state index in [-0.39, 0.29) is 23.4 Å². The van der Waals surface area contributed by atoms with Gasteiger partial charge in [0.1, 0.15) is 5.75 Å². The molecule has 1 aliphatic heterocycles. The molecule has 3 heterocycles. The Kier molecular flexibility index (Phi) is 7.58. The Morgan fingerprint density at radius 1 is 1.16 bits per heavy atom. The second-order valence-electron chi connectivity index (χ2n) is 9.55. The molecule has 31 heavy (non-hydrogen) atoms. The fraction of sp³-hybridized carbons (Fsp3) is 0.640. The summed E-state index contributed by atoms with van der Waals surface area (Å²) in [6, 6.07) is 8.53. The zero-order chi connectivity index (χ0) is 20.3. The van der Waals surface area contributed by atoms with E-state index >= 15 is 0 Å². The van der Waals surface area contributed by atoms with Gasteiger partial charge in [-0.05, 0) is 81.0 Å². The van der Waals surface area contributed by atoms with Crippen LogP contribution in [0, 0.1) is 5.92 Å². The van der Waals surface area contributed by atoms with Crippen molar-refractivity contribution >= 4 is 23.7 Å². The molecule has 170 valence electrons. The Bertz CT molecular complexity index is 820. The average Bonchev–Trinajstić information content (AvgIpc) is 3.34. The van der Waals surface area contributed by atoms with Gasteiger partial charge in [0.2, 0.25) is 0 Å². The van der Waals surface area contributed by atoms with E-state index in [9.17, 15) is 0 Å². The Labute approximate surface area is 196 Å². The number of rotatable bonds is 9. The first kappa shape index (κ1) is 23.0. The number of nitrogens with zero attached hydrogens (tertiary/aromatic N) is 1. The Morgan fingerprint density at radius 3 is 2.81 bits per heavy atom. The number of halogens is 1. The van der Waals surface area contributed by atoms with E-state index in [2.05, 4.69) is 28.9 Å². The number of aromatic nitrogens is 1. The Hall–Kier alpha value is -1.14. The summed E-state index contributed by atoms with van der Waals surface area (Å²) in [5.74, 6) is 1.87. The molecule has 0 bridgehead atoms. The SMILES string of the molecule is Cl.c1ccc(C2(CCNCc3sccc3OCC3CC3)CCOC3(CCCC3)C2)nc1. The van der Waals surface area contributed by atoms with E-state index in [1.54, 1.807) is 11.3 Å². The number of thiophene rings is 1. The maximum Gasteiger partial charge on any atom is 0.134 e. The standard InChI is InChI=1S/C25H34N2O2S.ClH/c1-4-13-27-23(5-1)24(12-15-29-25(19-24)9-2-3-10-25)11-14-26-17-22-21(8-16-30-22)28-18-20-6-7-20;/h1,4-5,8,13,16,20,26H,2-3,6-7,9-12,14-15,17-19H2;1H. The molecule has 1 saturated heterocycles. The molecule has 4 nitrogen and oxygen atoms in total. The second kappa shape index (κ2) is 10.2. The van der Waals surface area contributed by atoms with Crippen molar-refractivity contribution in [1.82, 2.24) is 10.3 Å². The predicted molar refractivity (Wildman–Crippen MR) is 128 cm³/mol. The number of hydrogen-bond donors (Lipinski definition) is 1. The molecule has 2 aromatic heterocycles. The highest BCUT2D eigenvalue weighted by atomic mass is 35.5. The molecule has 2 aliphatic carbocycles. The third kappa shape index (κ3) is 5.44. The van der Waals surface area contributed by atoms with Crippen LogP contribution in [0.25, 0.3) is 0 Å². The van der Waals surface area contributed by atoms with Crippen LogP contribution in [0.1, 0.15) is 68.4 Å². The second-order valence-corrected chi connectivity index (χ2v) is 10.6. The van der Waals surface area contributed by atoms with Crippen LogP contribution in [0.3, 0.4) is 0 Å². The summed E-state index contributed by atoms with van der Waals surface area (Å²) in [5, 5.41) is 5.86. The highest BCUT2D eigenvalue weighted by molar-refractivity contribution is 7.10. The zero-order valence-corrected chi connectivity index (χ0v) is 19.9. The molecule has 1 unspecified atom stereocenters. The van der Waals surface area contributed by atoms with Gasteiger partial charge in [0, 0.05) is 30.5 Å². The van der Waals surface area contributed by atoms with Crippen LogP contribution in [0.4, 0.5) is 0 Å². The number of ether oxygens (including phenoxy) is 2. The lowest BCUT2D eigenvalue weighted by atomic mass is 9.68. The molecule has 2 saturated carbocycles. The van der Waals surface area contributed by atoms with Crippen molar-refractivity contribution in [3.8, 4) is 5.75 Å². The summed E-state index contributed by atoms with van der Waals surface area (Å²) in [6.07, 6.45) is 13.0. The minimum atomic E-state index is 0. The molecule has 1 atom stereocenters. The Morgan fingerprint density at radius 2 is 2.03 bits per heavy atom. The smallest absolute Gasteiger partial charge is 0.134 e. The first-order chi connectivity index (χ1) is 14.8. The first-order valence-electron chi connectivity index (χ1n) is 11.7. The quantitative estimate of drug-likeness (QED) is 0.471. The van der Waals surface area contributed by atoms with Gasteiger partial charge in [0.05, 0.1) is 17.1 Å². The third-order valence-corrected chi connectivity index (χ3v) is 8.22. The largest absolute Gasteiger partial charge is 0.492 e. The zero-order valence-electron chi connectivity index (χ0n) is 18.3. The van der Waals surface area contributed by atoms with Crippen molar-refractivity contribution in [1.29, 1.82) is 0 Å². The van der Waals surface area contributed by atoms with E-state index in [0.29, 0.717) is 0 Å². The molecule has 3 aliphatic rings. The average molecular weight is 463 g/mol. The summed E-state index contributed by atoms with van der Waals surface area (Å²) < 4.78 is 12.4. The number of pyridine rings is 1. The number of hydrogen-bond acceptors (Lipinski definition) is 5. The maximum atomic E-state index is 6.37. The summed E-state index contributed by atoms with van der Waals surface area (Å²) in [4.78, 5) is 6.14. The third-order valence-electron chi connectivity index (χ3n) is 7.31. The van der Waals surface area contributed by atoms with E-state index in [1.165, 1.54) is 49.1 Å². The molecule has 0 radical (unpaired) electrons. The van der Waals surface area contributed by atoms with Crippen molar-refractivity contribution in [3.63, 3.8) is 0 Å². The van der Waals surface area contributed by atoms with Crippen LogP contribution < -0.4 is 10.1 Å². The van der Waals surface area contributed by atoms with Crippen molar-refractivity contribution in [2.75, 3.05) is 19.8 Å². The van der Waals surface area contributed by atoms with E-state index in [1.807, 2.05) is 12.3 Å². The van der Waals surface area contributed by atoms with Crippen LogP contribution in [-0.2, 0) is 16.7 Å². The predicted octanol–water partition coefficient (Wildman–Crippen LogP) is 5.89. The summed E-state index contributed by atoms with van der Waals surface area (Å²) in [5.41, 5.74) is 1.47. The van der Waals surface area contributed by atoms with Crippen LogP contribution in [-0.4, -0.2) is 30.3 Å². The summed E-state index contributed by atoms with van der Waals surface area (Å²) in [7, 11) is 0. The summed E-state index contributed by atoms with van der Waals surface area (Å²) in [6.45, 7) is 3.62. The lowest BCUT2D eigenvalue weighted by Gasteiger charge is -2.46. The molecular formula is C25H35ClN2O2S. The monoisotopic (exact) mass is 462 g/mol.